The van der Waals surface area contributed by atoms with Gasteiger partial charge in [-0.25, -0.2) is 0 Å². The van der Waals surface area contributed by atoms with Crippen LogP contribution in [0.25, 0.3) is 0 Å². The highest BCUT2D eigenvalue weighted by Gasteiger charge is 2.22. The molecule has 1 aliphatic heterocycles. The number of aliphatic hydroxyl groups is 1. The zero-order valence-electron chi connectivity index (χ0n) is 9.94. The maximum atomic E-state index is 11.7. The number of nitrogens with one attached hydrogen (secondary N) is 1. The summed E-state index contributed by atoms with van der Waals surface area (Å²) in [6.45, 7) is 1.60. The molecule has 0 spiro atoms. The summed E-state index contributed by atoms with van der Waals surface area (Å²) in [6, 6.07) is 1.93. The van der Waals surface area contributed by atoms with Gasteiger partial charge in [0.15, 0.2) is 0 Å². The Morgan fingerprint density at radius 3 is 3.28 bits per heavy atom. The fourth-order valence-electron chi connectivity index (χ4n) is 1.74. The molecule has 18 heavy (non-hydrogen) atoms. The van der Waals surface area contributed by atoms with Crippen molar-refractivity contribution in [3.8, 4) is 11.8 Å². The Bertz CT molecular complexity index is 466. The summed E-state index contributed by atoms with van der Waals surface area (Å²) < 4.78 is 5.18. The van der Waals surface area contributed by atoms with E-state index in [1.165, 1.54) is 0 Å². The molecule has 1 aromatic rings. The van der Waals surface area contributed by atoms with Gasteiger partial charge in [0, 0.05) is 22.4 Å². The van der Waals surface area contributed by atoms with Crippen LogP contribution in [0.1, 0.15) is 16.9 Å². The largest absolute Gasteiger partial charge is 0.384 e. The van der Waals surface area contributed by atoms with Crippen LogP contribution in [0.5, 0.6) is 0 Å². The SMILES string of the molecule is O=C(NCc1cc(C#CCO)cs1)C1CCOC1. The Labute approximate surface area is 110 Å². The van der Waals surface area contributed by atoms with Crippen molar-refractivity contribution in [2.75, 3.05) is 19.8 Å². The summed E-state index contributed by atoms with van der Waals surface area (Å²) in [6.07, 6.45) is 0.809. The molecule has 1 aliphatic rings. The molecule has 1 unspecified atom stereocenters. The molecular weight excluding hydrogens is 250 g/mol. The Morgan fingerprint density at radius 1 is 1.67 bits per heavy atom. The second-order valence-electron chi connectivity index (χ2n) is 4.04. The van der Waals surface area contributed by atoms with E-state index in [4.69, 9.17) is 9.84 Å². The third kappa shape index (κ3) is 3.57. The number of hydrogen-bond donors (Lipinski definition) is 2. The standard InChI is InChI=1S/C13H15NO3S/c15-4-1-2-10-6-12(18-9-10)7-14-13(16)11-3-5-17-8-11/h6,9,11,15H,3-5,7-8H2,(H,14,16). The average molecular weight is 265 g/mol. The van der Waals surface area contributed by atoms with Gasteiger partial charge < -0.3 is 15.2 Å². The lowest BCUT2D eigenvalue weighted by atomic mass is 10.1. The summed E-state index contributed by atoms with van der Waals surface area (Å²) in [4.78, 5) is 12.8. The summed E-state index contributed by atoms with van der Waals surface area (Å²) in [5.41, 5.74) is 0.877. The topological polar surface area (TPSA) is 58.6 Å². The highest BCUT2D eigenvalue weighted by molar-refractivity contribution is 7.10. The molecule has 1 fully saturated rings. The number of amides is 1. The van der Waals surface area contributed by atoms with Crippen LogP contribution >= 0.6 is 11.3 Å². The van der Waals surface area contributed by atoms with Crippen LogP contribution in [0.2, 0.25) is 0 Å². The van der Waals surface area contributed by atoms with Gasteiger partial charge in [0.1, 0.15) is 6.61 Å². The third-order valence-corrected chi connectivity index (χ3v) is 3.64. The Morgan fingerprint density at radius 2 is 2.56 bits per heavy atom. The van der Waals surface area contributed by atoms with Crippen LogP contribution < -0.4 is 5.32 Å². The summed E-state index contributed by atoms with van der Waals surface area (Å²) >= 11 is 1.55. The molecule has 4 nitrogen and oxygen atoms in total. The van der Waals surface area contributed by atoms with Gasteiger partial charge in [-0.3, -0.25) is 4.79 Å². The molecule has 1 amide bonds. The molecule has 0 bridgehead atoms. The molecule has 1 atom stereocenters. The first-order chi connectivity index (χ1) is 8.79. The predicted molar refractivity (Wildman–Crippen MR) is 69.1 cm³/mol. The number of ether oxygens (including phenoxy) is 1. The molecule has 1 saturated heterocycles. The maximum absolute atomic E-state index is 11.7. The van der Waals surface area contributed by atoms with Crippen LogP contribution in [0, 0.1) is 17.8 Å². The van der Waals surface area contributed by atoms with Crippen molar-refractivity contribution in [1.82, 2.24) is 5.32 Å². The minimum absolute atomic E-state index is 0.00128. The normalized spacial score (nSPS) is 18.2. The molecule has 0 aliphatic carbocycles. The van der Waals surface area contributed by atoms with Crippen molar-refractivity contribution < 1.29 is 14.6 Å². The van der Waals surface area contributed by atoms with Gasteiger partial charge >= 0.3 is 0 Å². The summed E-state index contributed by atoms with van der Waals surface area (Å²) in [7, 11) is 0. The summed E-state index contributed by atoms with van der Waals surface area (Å²) in [5.74, 6) is 5.49. The molecule has 2 N–H and O–H groups in total. The van der Waals surface area contributed by atoms with Gasteiger partial charge in [-0.15, -0.1) is 11.3 Å². The molecule has 5 heteroatoms. The highest BCUT2D eigenvalue weighted by atomic mass is 32.1. The fraction of sp³-hybridized carbons (Fsp3) is 0.462. The summed E-state index contributed by atoms with van der Waals surface area (Å²) in [5, 5.41) is 13.4. The number of carbonyl (C=O) groups is 1. The van der Waals surface area contributed by atoms with Gasteiger partial charge in [-0.2, -0.15) is 0 Å². The molecule has 96 valence electrons. The van der Waals surface area contributed by atoms with Crippen LogP contribution in [-0.4, -0.2) is 30.8 Å². The van der Waals surface area contributed by atoms with Gasteiger partial charge in [0.25, 0.3) is 0 Å². The molecule has 0 radical (unpaired) electrons. The first-order valence-electron chi connectivity index (χ1n) is 5.82. The van der Waals surface area contributed by atoms with Crippen LogP contribution in [-0.2, 0) is 16.1 Å². The van der Waals surface area contributed by atoms with Crippen molar-refractivity contribution in [1.29, 1.82) is 0 Å². The van der Waals surface area contributed by atoms with Crippen molar-refractivity contribution >= 4 is 17.2 Å². The molecule has 0 saturated carbocycles. The maximum Gasteiger partial charge on any atom is 0.225 e. The van der Waals surface area contributed by atoms with Crippen LogP contribution in [0.4, 0.5) is 0 Å². The third-order valence-electron chi connectivity index (χ3n) is 2.70. The lowest BCUT2D eigenvalue weighted by Crippen LogP contribution is -2.30. The molecule has 2 heterocycles. The van der Waals surface area contributed by atoms with E-state index in [0.717, 1.165) is 16.9 Å². The van der Waals surface area contributed by atoms with E-state index >= 15 is 0 Å². The number of hydrogen-bond acceptors (Lipinski definition) is 4. The Hall–Kier alpha value is -1.35. The van der Waals surface area contributed by atoms with E-state index in [-0.39, 0.29) is 18.4 Å². The number of rotatable bonds is 3. The van der Waals surface area contributed by atoms with Gasteiger partial charge in [-0.05, 0) is 12.5 Å². The highest BCUT2D eigenvalue weighted by Crippen LogP contribution is 2.15. The first-order valence-corrected chi connectivity index (χ1v) is 6.70. The number of carbonyl (C=O) groups excluding carboxylic acids is 1. The van der Waals surface area contributed by atoms with E-state index < -0.39 is 0 Å². The molecule has 0 aromatic carbocycles. The zero-order chi connectivity index (χ0) is 12.8. The van der Waals surface area contributed by atoms with Gasteiger partial charge in [0.2, 0.25) is 5.91 Å². The lowest BCUT2D eigenvalue weighted by Gasteiger charge is -2.07. The number of thiophene rings is 1. The smallest absolute Gasteiger partial charge is 0.225 e. The van der Waals surface area contributed by atoms with E-state index in [1.54, 1.807) is 11.3 Å². The Kier molecular flexibility index (Phi) is 4.76. The minimum atomic E-state index is -0.135. The van der Waals surface area contributed by atoms with Crippen molar-refractivity contribution in [3.63, 3.8) is 0 Å². The van der Waals surface area contributed by atoms with Crippen molar-refractivity contribution in [3.05, 3.63) is 21.9 Å². The zero-order valence-corrected chi connectivity index (χ0v) is 10.8. The predicted octanol–water partition coefficient (Wildman–Crippen LogP) is 0.745. The molecule has 1 aromatic heterocycles. The fourth-order valence-corrected chi connectivity index (χ4v) is 2.50. The van der Waals surface area contributed by atoms with E-state index in [0.29, 0.717) is 19.8 Å². The lowest BCUT2D eigenvalue weighted by molar-refractivity contribution is -0.125. The Balaban J connectivity index is 1.82. The first kappa shape index (κ1) is 13.1. The second-order valence-corrected chi connectivity index (χ2v) is 5.04. The van der Waals surface area contributed by atoms with Gasteiger partial charge in [0.05, 0.1) is 19.1 Å². The van der Waals surface area contributed by atoms with Crippen LogP contribution in [0.3, 0.4) is 0 Å². The second kappa shape index (κ2) is 6.55. The monoisotopic (exact) mass is 265 g/mol. The minimum Gasteiger partial charge on any atom is -0.384 e. The van der Waals surface area contributed by atoms with Gasteiger partial charge in [-0.1, -0.05) is 11.8 Å². The number of aliphatic hydroxyl groups excluding tert-OH is 1. The quantitative estimate of drug-likeness (QED) is 0.793. The van der Waals surface area contributed by atoms with E-state index in [9.17, 15) is 4.79 Å². The molecular formula is C13H15NO3S. The average Bonchev–Trinajstić information content (AvgIpc) is 3.04. The van der Waals surface area contributed by atoms with Crippen LogP contribution in [0.15, 0.2) is 11.4 Å². The van der Waals surface area contributed by atoms with E-state index in [1.807, 2.05) is 11.4 Å². The molecule has 2 rings (SSSR count). The van der Waals surface area contributed by atoms with Crippen molar-refractivity contribution in [2.45, 2.75) is 13.0 Å². The van der Waals surface area contributed by atoms with Crippen molar-refractivity contribution in [2.24, 2.45) is 5.92 Å². The van der Waals surface area contributed by atoms with E-state index in [2.05, 4.69) is 17.2 Å².